The molecule has 0 unspecified atom stereocenters. The van der Waals surface area contributed by atoms with E-state index in [4.69, 9.17) is 4.74 Å². The molecular formula is C19H30N4O3+2. The summed E-state index contributed by atoms with van der Waals surface area (Å²) in [5, 5.41) is 2.99. The summed E-state index contributed by atoms with van der Waals surface area (Å²) in [5.74, 6) is 0.148. The van der Waals surface area contributed by atoms with E-state index in [9.17, 15) is 9.59 Å². The molecule has 0 aliphatic carbocycles. The number of carbonyl (C=O) groups excluding carboxylic acids is 2. The third kappa shape index (κ3) is 5.52. The van der Waals surface area contributed by atoms with Gasteiger partial charge in [0.15, 0.2) is 6.54 Å². The molecule has 26 heavy (non-hydrogen) atoms. The van der Waals surface area contributed by atoms with Gasteiger partial charge in [0.2, 0.25) is 5.91 Å². The number of hydrogen-bond acceptors (Lipinski definition) is 3. The van der Waals surface area contributed by atoms with Crippen LogP contribution in [0.4, 0.5) is 5.69 Å². The van der Waals surface area contributed by atoms with Crippen LogP contribution in [0.15, 0.2) is 24.3 Å². The van der Waals surface area contributed by atoms with Gasteiger partial charge < -0.3 is 24.8 Å². The number of carbonyl (C=O) groups is 2. The normalized spacial score (nSPS) is 19.3. The van der Waals surface area contributed by atoms with Crippen molar-refractivity contribution in [3.8, 4) is 0 Å². The van der Waals surface area contributed by atoms with Crippen molar-refractivity contribution in [2.45, 2.75) is 13.5 Å². The molecule has 2 aliphatic rings. The average Bonchev–Trinajstić information content (AvgIpc) is 2.64. The fourth-order valence-corrected chi connectivity index (χ4v) is 3.58. The van der Waals surface area contributed by atoms with Crippen LogP contribution in [0.2, 0.25) is 0 Å². The number of rotatable bonds is 5. The van der Waals surface area contributed by atoms with E-state index < -0.39 is 0 Å². The molecule has 3 rings (SSSR count). The Labute approximate surface area is 154 Å². The van der Waals surface area contributed by atoms with E-state index in [-0.39, 0.29) is 11.8 Å². The predicted octanol–water partition coefficient (Wildman–Crippen LogP) is -2.21. The van der Waals surface area contributed by atoms with Crippen molar-refractivity contribution in [2.75, 3.05) is 64.3 Å². The molecule has 0 saturated carbocycles. The van der Waals surface area contributed by atoms with Crippen molar-refractivity contribution in [3.63, 3.8) is 0 Å². The third-order valence-electron chi connectivity index (χ3n) is 5.22. The van der Waals surface area contributed by atoms with Gasteiger partial charge in [-0.25, -0.2) is 0 Å². The number of quaternary nitrogens is 2. The Hall–Kier alpha value is -1.96. The minimum Gasteiger partial charge on any atom is -0.370 e. The molecule has 2 saturated heterocycles. The molecule has 2 aliphatic heterocycles. The second-order valence-corrected chi connectivity index (χ2v) is 7.22. The van der Waals surface area contributed by atoms with Crippen molar-refractivity contribution in [1.29, 1.82) is 0 Å². The first-order chi connectivity index (χ1) is 12.6. The lowest BCUT2D eigenvalue weighted by Crippen LogP contribution is -3.15. The molecule has 0 aromatic heterocycles. The van der Waals surface area contributed by atoms with Crippen LogP contribution in [0, 0.1) is 0 Å². The number of hydrogen-bond donors (Lipinski definition) is 3. The summed E-state index contributed by atoms with van der Waals surface area (Å²) < 4.78 is 5.39. The van der Waals surface area contributed by atoms with Crippen molar-refractivity contribution >= 4 is 17.5 Å². The minimum atomic E-state index is 0.0304. The highest BCUT2D eigenvalue weighted by atomic mass is 16.5. The van der Waals surface area contributed by atoms with Gasteiger partial charge in [-0.3, -0.25) is 9.59 Å². The van der Waals surface area contributed by atoms with E-state index in [1.54, 1.807) is 11.8 Å². The predicted molar refractivity (Wildman–Crippen MR) is 98.1 cm³/mol. The van der Waals surface area contributed by atoms with Gasteiger partial charge in [0.1, 0.15) is 19.6 Å². The summed E-state index contributed by atoms with van der Waals surface area (Å²) >= 11 is 0. The maximum absolute atomic E-state index is 12.3. The molecule has 2 amide bonds. The van der Waals surface area contributed by atoms with Gasteiger partial charge in [0.25, 0.3) is 5.91 Å². The van der Waals surface area contributed by atoms with E-state index in [1.807, 2.05) is 17.0 Å². The smallest absolute Gasteiger partial charge is 0.279 e. The highest BCUT2D eigenvalue weighted by molar-refractivity contribution is 5.91. The minimum absolute atomic E-state index is 0.0304. The Balaban J connectivity index is 1.42. The zero-order valence-corrected chi connectivity index (χ0v) is 15.6. The van der Waals surface area contributed by atoms with Crippen molar-refractivity contribution in [3.05, 3.63) is 29.8 Å². The zero-order chi connectivity index (χ0) is 18.4. The van der Waals surface area contributed by atoms with Gasteiger partial charge in [-0.05, 0) is 12.1 Å². The maximum Gasteiger partial charge on any atom is 0.279 e. The molecule has 0 radical (unpaired) electrons. The molecule has 7 heteroatoms. The van der Waals surface area contributed by atoms with Crippen LogP contribution in [0.1, 0.15) is 12.5 Å². The average molecular weight is 362 g/mol. The molecule has 3 N–H and O–H groups in total. The summed E-state index contributed by atoms with van der Waals surface area (Å²) in [6.45, 7) is 9.96. The molecule has 1 aromatic carbocycles. The molecule has 2 heterocycles. The van der Waals surface area contributed by atoms with Gasteiger partial charge in [-0.2, -0.15) is 0 Å². The zero-order valence-electron chi connectivity index (χ0n) is 15.6. The van der Waals surface area contributed by atoms with Crippen LogP contribution in [-0.4, -0.2) is 75.7 Å². The van der Waals surface area contributed by atoms with Gasteiger partial charge in [-0.1, -0.05) is 12.1 Å². The first-order valence-corrected chi connectivity index (χ1v) is 9.49. The van der Waals surface area contributed by atoms with E-state index >= 15 is 0 Å². The molecule has 0 atom stereocenters. The standard InChI is InChI=1S/C19H28N4O3/c1-16(24)23-8-6-21(7-9-23)15-19(25)20-18-4-2-17(3-5-18)14-22-10-12-26-13-11-22/h2-5H,6-15H2,1H3,(H,20,25)/p+2. The monoisotopic (exact) mass is 362 g/mol. The van der Waals surface area contributed by atoms with Crippen LogP contribution in [0.3, 0.4) is 0 Å². The number of piperazine rings is 1. The lowest BCUT2D eigenvalue weighted by atomic mass is 10.2. The van der Waals surface area contributed by atoms with E-state index in [0.29, 0.717) is 6.54 Å². The number of nitrogens with zero attached hydrogens (tertiary/aromatic N) is 1. The Morgan fingerprint density at radius 2 is 1.69 bits per heavy atom. The second-order valence-electron chi connectivity index (χ2n) is 7.22. The molecular weight excluding hydrogens is 332 g/mol. The highest BCUT2D eigenvalue weighted by Crippen LogP contribution is 2.08. The quantitative estimate of drug-likeness (QED) is 0.556. The lowest BCUT2D eigenvalue weighted by Gasteiger charge is -2.31. The summed E-state index contributed by atoms with van der Waals surface area (Å²) in [4.78, 5) is 28.2. The van der Waals surface area contributed by atoms with Crippen molar-refractivity contribution < 1.29 is 24.1 Å². The topological polar surface area (TPSA) is 67.5 Å². The molecule has 1 aromatic rings. The molecule has 2 fully saturated rings. The van der Waals surface area contributed by atoms with Crippen LogP contribution >= 0.6 is 0 Å². The third-order valence-corrected chi connectivity index (χ3v) is 5.22. The second kappa shape index (κ2) is 9.12. The number of amides is 2. The van der Waals surface area contributed by atoms with Gasteiger partial charge in [-0.15, -0.1) is 0 Å². The largest absolute Gasteiger partial charge is 0.370 e. The summed E-state index contributed by atoms with van der Waals surface area (Å²) in [6.07, 6.45) is 0. The number of ether oxygens (including phenoxy) is 1. The van der Waals surface area contributed by atoms with Crippen LogP contribution in [-0.2, 0) is 20.9 Å². The van der Waals surface area contributed by atoms with Crippen LogP contribution < -0.4 is 15.1 Å². The summed E-state index contributed by atoms with van der Waals surface area (Å²) in [5.41, 5.74) is 2.13. The van der Waals surface area contributed by atoms with Crippen LogP contribution in [0.25, 0.3) is 0 Å². The Bertz CT molecular complexity index is 606. The number of benzene rings is 1. The summed E-state index contributed by atoms with van der Waals surface area (Å²) in [6, 6.07) is 8.15. The summed E-state index contributed by atoms with van der Waals surface area (Å²) in [7, 11) is 0. The van der Waals surface area contributed by atoms with Gasteiger partial charge >= 0.3 is 0 Å². The SMILES string of the molecule is CC(=O)N1CC[NH+](CC(=O)Nc2ccc(C[NH+]3CCOCC3)cc2)CC1. The molecule has 142 valence electrons. The van der Waals surface area contributed by atoms with Crippen molar-refractivity contribution in [1.82, 2.24) is 4.90 Å². The first kappa shape index (κ1) is 18.8. The van der Waals surface area contributed by atoms with Crippen molar-refractivity contribution in [2.24, 2.45) is 0 Å². The van der Waals surface area contributed by atoms with E-state index in [0.717, 1.165) is 64.7 Å². The van der Waals surface area contributed by atoms with E-state index in [1.165, 1.54) is 10.5 Å². The Morgan fingerprint density at radius 3 is 2.31 bits per heavy atom. The molecule has 0 bridgehead atoms. The number of anilines is 1. The van der Waals surface area contributed by atoms with E-state index in [2.05, 4.69) is 17.4 Å². The van der Waals surface area contributed by atoms with Crippen LogP contribution in [0.5, 0.6) is 0 Å². The highest BCUT2D eigenvalue weighted by Gasteiger charge is 2.23. The lowest BCUT2D eigenvalue weighted by molar-refractivity contribution is -0.921. The fraction of sp³-hybridized carbons (Fsp3) is 0.579. The maximum atomic E-state index is 12.3. The number of morpholine rings is 1. The molecule has 7 nitrogen and oxygen atoms in total. The van der Waals surface area contributed by atoms with Gasteiger partial charge in [0.05, 0.1) is 39.4 Å². The first-order valence-electron chi connectivity index (χ1n) is 9.49. The molecule has 0 spiro atoms. The fourth-order valence-electron chi connectivity index (χ4n) is 3.58. The Morgan fingerprint density at radius 1 is 1.04 bits per heavy atom. The Kier molecular flexibility index (Phi) is 6.60. The van der Waals surface area contributed by atoms with Gasteiger partial charge in [0, 0.05) is 18.2 Å². The number of nitrogens with one attached hydrogen (secondary N) is 3.